The monoisotopic (exact) mass is 708 g/mol. The van der Waals surface area contributed by atoms with Gasteiger partial charge in [-0.2, -0.15) is 0 Å². The Kier molecular flexibility index (Phi) is 8.58. The van der Waals surface area contributed by atoms with Crippen LogP contribution in [0.4, 0.5) is 0 Å². The molecule has 0 spiro atoms. The van der Waals surface area contributed by atoms with Crippen LogP contribution in [0.3, 0.4) is 0 Å². The van der Waals surface area contributed by atoms with Crippen LogP contribution < -0.4 is 0 Å². The number of allylic oxidation sites excluding steroid dienone is 2. The topological polar surface area (TPSA) is 9.86 Å². The summed E-state index contributed by atoms with van der Waals surface area (Å²) in [6.45, 7) is 10.1. The van der Waals surface area contributed by atoms with Crippen LogP contribution in [0.15, 0.2) is 121 Å². The second-order valence-corrected chi connectivity index (χ2v) is 30.0. The van der Waals surface area contributed by atoms with Gasteiger partial charge in [-0.25, -0.2) is 0 Å². The van der Waals surface area contributed by atoms with Crippen molar-refractivity contribution in [2.24, 2.45) is 0 Å². The van der Waals surface area contributed by atoms with Gasteiger partial charge in [0.1, 0.15) is 0 Å². The third kappa shape index (κ3) is 4.77. The first kappa shape index (κ1) is 31.1. The quantitative estimate of drug-likeness (QED) is 0.161. The van der Waals surface area contributed by atoms with E-state index in [0.717, 1.165) is 0 Å². The average molecular weight is 711 g/mol. The number of halogens is 2. The fraction of sp³-hybridized carbons (Fsp3) is 0.158. The maximum absolute atomic E-state index is 2.61. The Morgan fingerprint density at radius 1 is 0.545 bits per heavy atom. The van der Waals surface area contributed by atoms with Crippen molar-refractivity contribution in [1.29, 1.82) is 0 Å². The molecule has 220 valence electrons. The normalized spacial score (nSPS) is 16.5. The van der Waals surface area contributed by atoms with E-state index in [1.807, 2.05) is 0 Å². The van der Waals surface area contributed by atoms with Gasteiger partial charge < -0.3 is 0 Å². The molecule has 2 aliphatic rings. The first-order chi connectivity index (χ1) is 20.5. The molecule has 0 N–H and O–H groups in total. The number of hydrogen-bond acceptors (Lipinski definition) is 0. The Balaban J connectivity index is 0.00000171. The zero-order valence-corrected chi connectivity index (χ0v) is 30.5. The van der Waals surface area contributed by atoms with Crippen molar-refractivity contribution >= 4 is 64.2 Å². The van der Waals surface area contributed by atoms with Crippen LogP contribution in [0.25, 0.3) is 45.3 Å². The SMILES string of the molecule is CC1=Cc2c(cccc2-n2ccc3ccccc32)[CH]1[Zr]([CH]1C(C)=Cc2c1cccc2-n1ccc2ccccc21)=[Si](C)C.Cl.Cl. The van der Waals surface area contributed by atoms with E-state index in [2.05, 4.69) is 158 Å². The van der Waals surface area contributed by atoms with Crippen molar-refractivity contribution in [3.05, 3.63) is 143 Å². The molecule has 4 aromatic carbocycles. The van der Waals surface area contributed by atoms with E-state index >= 15 is 0 Å². The molecular weight excluding hydrogens is 675 g/mol. The molecular formula is C38H36Cl2N2SiZr. The number of benzene rings is 4. The predicted octanol–water partition coefficient (Wildman–Crippen LogP) is 10.9. The van der Waals surface area contributed by atoms with Gasteiger partial charge >= 0.3 is 257 Å². The third-order valence-electron chi connectivity index (χ3n) is 9.43. The Bertz CT molecular complexity index is 2020. The summed E-state index contributed by atoms with van der Waals surface area (Å²) in [5.41, 5.74) is 13.9. The van der Waals surface area contributed by atoms with Gasteiger partial charge in [0, 0.05) is 0 Å². The van der Waals surface area contributed by atoms with Crippen molar-refractivity contribution in [2.45, 2.75) is 34.2 Å². The number of aromatic nitrogens is 2. The molecule has 6 aromatic rings. The number of nitrogens with zero attached hydrogens (tertiary/aromatic N) is 2. The minimum absolute atomic E-state index is 0. The average Bonchev–Trinajstić information content (AvgIpc) is 3.76. The van der Waals surface area contributed by atoms with Crippen molar-refractivity contribution in [3.63, 3.8) is 0 Å². The maximum Gasteiger partial charge on any atom is -0.147 e. The molecule has 0 saturated heterocycles. The second kappa shape index (κ2) is 12.1. The Labute approximate surface area is 280 Å². The van der Waals surface area contributed by atoms with Gasteiger partial charge in [-0.15, -0.1) is 24.8 Å². The van der Waals surface area contributed by atoms with Gasteiger partial charge in [0.15, 0.2) is 0 Å². The molecule has 0 aliphatic heterocycles. The van der Waals surface area contributed by atoms with E-state index in [9.17, 15) is 0 Å². The van der Waals surface area contributed by atoms with Gasteiger partial charge in [0.05, 0.1) is 0 Å². The molecule has 44 heavy (non-hydrogen) atoms. The van der Waals surface area contributed by atoms with Crippen LogP contribution in [0.2, 0.25) is 13.1 Å². The minimum atomic E-state index is -2.15. The van der Waals surface area contributed by atoms with Crippen LogP contribution in [-0.4, -0.2) is 14.6 Å². The third-order valence-corrected chi connectivity index (χ3v) is 29.3. The number of rotatable bonds is 4. The zero-order chi connectivity index (χ0) is 28.5. The predicted molar refractivity (Wildman–Crippen MR) is 191 cm³/mol. The molecule has 0 radical (unpaired) electrons. The second-order valence-electron chi connectivity index (χ2n) is 12.1. The van der Waals surface area contributed by atoms with E-state index in [-0.39, 0.29) is 24.8 Å². The molecule has 2 unspecified atom stereocenters. The fourth-order valence-electron chi connectivity index (χ4n) is 7.65. The van der Waals surface area contributed by atoms with Crippen LogP contribution in [0.5, 0.6) is 0 Å². The Hall–Kier alpha value is -2.88. The summed E-state index contributed by atoms with van der Waals surface area (Å²) in [4.78, 5) is 0. The summed E-state index contributed by atoms with van der Waals surface area (Å²) in [6, 6.07) is 36.1. The van der Waals surface area contributed by atoms with E-state index in [0.29, 0.717) is 7.25 Å². The largest absolute Gasteiger partial charge is 0.147 e. The van der Waals surface area contributed by atoms with Crippen molar-refractivity contribution < 1.29 is 20.4 Å². The molecule has 8 rings (SSSR count). The first-order valence-corrected chi connectivity index (χ1v) is 24.0. The van der Waals surface area contributed by atoms with Gasteiger partial charge in [-0.3, -0.25) is 0 Å². The molecule has 0 fully saturated rings. The van der Waals surface area contributed by atoms with E-state index in [4.69, 9.17) is 0 Å². The van der Waals surface area contributed by atoms with Gasteiger partial charge in [-0.1, -0.05) is 0 Å². The molecule has 6 heteroatoms. The molecule has 2 heterocycles. The summed E-state index contributed by atoms with van der Waals surface area (Å²) in [5, 5.41) is 2.59. The molecule has 0 saturated carbocycles. The summed E-state index contributed by atoms with van der Waals surface area (Å²) in [7, 11) is 0. The molecule has 2 aromatic heterocycles. The van der Waals surface area contributed by atoms with Crippen molar-refractivity contribution in [1.82, 2.24) is 9.13 Å². The van der Waals surface area contributed by atoms with Crippen LogP contribution in [-0.2, 0) is 20.4 Å². The smallest absolute Gasteiger partial charge is 0.147 e. The summed E-state index contributed by atoms with van der Waals surface area (Å²) in [6.07, 6.45) is 9.56. The van der Waals surface area contributed by atoms with Gasteiger partial charge in [0.25, 0.3) is 0 Å². The van der Waals surface area contributed by atoms with Crippen molar-refractivity contribution in [2.75, 3.05) is 0 Å². The molecule has 0 amide bonds. The Morgan fingerprint density at radius 3 is 1.41 bits per heavy atom. The molecule has 2 atom stereocenters. The Morgan fingerprint density at radius 2 is 0.977 bits per heavy atom. The molecule has 2 aliphatic carbocycles. The van der Waals surface area contributed by atoms with E-state index < -0.39 is 25.8 Å². The maximum atomic E-state index is 2.61. The molecule has 0 bridgehead atoms. The number of hydrogen-bond donors (Lipinski definition) is 0. The fourth-order valence-corrected chi connectivity index (χ4v) is 28.4. The van der Waals surface area contributed by atoms with Gasteiger partial charge in [-0.05, 0) is 0 Å². The first-order valence-electron chi connectivity index (χ1n) is 14.9. The van der Waals surface area contributed by atoms with Gasteiger partial charge in [0.2, 0.25) is 0 Å². The minimum Gasteiger partial charge on any atom is -0.147 e. The summed E-state index contributed by atoms with van der Waals surface area (Å²) < 4.78 is 6.03. The summed E-state index contributed by atoms with van der Waals surface area (Å²) >= 11 is -2.15. The summed E-state index contributed by atoms with van der Waals surface area (Å²) in [5.74, 6) is 0. The van der Waals surface area contributed by atoms with E-state index in [1.54, 1.807) is 22.3 Å². The zero-order valence-electron chi connectivity index (χ0n) is 25.4. The standard InChI is InChI=1S/2C18H14N.C2H6Si.2ClH.Zr/c2*1-13-11-15-6-4-8-18(16(15)12-13)19-10-9-14-5-2-3-7-17(14)19;1-3-2;;;/h2*2-12H,1H3;1-2H3;2*1H;. The van der Waals surface area contributed by atoms with Crippen molar-refractivity contribution in [3.8, 4) is 11.4 Å². The van der Waals surface area contributed by atoms with E-state index in [1.165, 1.54) is 44.3 Å². The van der Waals surface area contributed by atoms with Crippen LogP contribution in [0.1, 0.15) is 43.4 Å². The number of fused-ring (bicyclic) bond motifs is 4. The van der Waals surface area contributed by atoms with Crippen LogP contribution >= 0.6 is 24.8 Å². The van der Waals surface area contributed by atoms with Crippen LogP contribution in [0, 0.1) is 0 Å². The number of para-hydroxylation sites is 2. The molecule has 2 nitrogen and oxygen atoms in total.